The van der Waals surface area contributed by atoms with Gasteiger partial charge in [0.05, 0.1) is 0 Å². The van der Waals surface area contributed by atoms with Crippen molar-refractivity contribution in [2.75, 3.05) is 0 Å². The fraction of sp³-hybridized carbons (Fsp3) is 0.125. The molecule has 2 aromatic heterocycles. The molecule has 0 aromatic carbocycles. The molecule has 0 radical (unpaired) electrons. The van der Waals surface area contributed by atoms with Crippen molar-refractivity contribution in [1.82, 2.24) is 14.5 Å². The third kappa shape index (κ3) is 0.887. The monoisotopic (exact) mass is 161 g/mol. The van der Waals surface area contributed by atoms with Crippen molar-refractivity contribution in [3.63, 3.8) is 0 Å². The van der Waals surface area contributed by atoms with Crippen LogP contribution in [-0.2, 0) is 7.05 Å². The van der Waals surface area contributed by atoms with Gasteiger partial charge in [0.2, 0.25) is 0 Å². The van der Waals surface area contributed by atoms with E-state index >= 15 is 0 Å². The maximum atomic E-state index is 10.3. The van der Waals surface area contributed by atoms with Crippen molar-refractivity contribution < 1.29 is 4.79 Å². The first-order valence-corrected chi connectivity index (χ1v) is 3.54. The van der Waals surface area contributed by atoms with E-state index < -0.39 is 0 Å². The van der Waals surface area contributed by atoms with Crippen LogP contribution >= 0.6 is 0 Å². The minimum Gasteiger partial charge on any atom is -0.335 e. The second-order valence-electron chi connectivity index (χ2n) is 2.55. The summed E-state index contributed by atoms with van der Waals surface area (Å²) in [5.74, 6) is 0.226. The molecular weight excluding hydrogens is 154 g/mol. The number of aldehydes is 1. The van der Waals surface area contributed by atoms with Crippen LogP contribution in [0.15, 0.2) is 18.5 Å². The molecule has 0 bridgehead atoms. The van der Waals surface area contributed by atoms with Crippen LogP contribution in [0.4, 0.5) is 0 Å². The quantitative estimate of drug-likeness (QED) is 0.580. The van der Waals surface area contributed by atoms with Crippen LogP contribution in [0.25, 0.3) is 11.0 Å². The largest absolute Gasteiger partial charge is 0.335 e. The molecule has 0 aliphatic rings. The van der Waals surface area contributed by atoms with Crippen molar-refractivity contribution in [1.29, 1.82) is 0 Å². The third-order valence-electron chi connectivity index (χ3n) is 1.73. The van der Waals surface area contributed by atoms with Gasteiger partial charge in [-0.1, -0.05) is 0 Å². The summed E-state index contributed by atoms with van der Waals surface area (Å²) in [4.78, 5) is 18.2. The van der Waals surface area contributed by atoms with E-state index in [0.29, 0.717) is 6.29 Å². The second-order valence-corrected chi connectivity index (χ2v) is 2.55. The summed E-state index contributed by atoms with van der Waals surface area (Å²) in [6, 6.07) is 1.91. The Morgan fingerprint density at radius 1 is 1.58 bits per heavy atom. The molecule has 0 aliphatic carbocycles. The van der Waals surface area contributed by atoms with Crippen molar-refractivity contribution in [2.24, 2.45) is 7.05 Å². The lowest BCUT2D eigenvalue weighted by molar-refractivity contribution is 0.111. The molecule has 0 fully saturated rings. The Balaban J connectivity index is 2.79. The zero-order chi connectivity index (χ0) is 8.55. The highest BCUT2D eigenvalue weighted by Gasteiger charge is 2.00. The topological polar surface area (TPSA) is 47.8 Å². The summed E-state index contributed by atoms with van der Waals surface area (Å²) in [6.45, 7) is 0. The van der Waals surface area contributed by atoms with E-state index in [1.54, 1.807) is 6.20 Å². The summed E-state index contributed by atoms with van der Waals surface area (Å²) in [7, 11) is 1.88. The number of carbonyl (C=O) groups excluding carboxylic acids is 1. The van der Waals surface area contributed by atoms with E-state index in [1.807, 2.05) is 23.9 Å². The van der Waals surface area contributed by atoms with Crippen molar-refractivity contribution in [3.8, 4) is 0 Å². The lowest BCUT2D eigenvalue weighted by Gasteiger charge is -1.94. The number of nitrogens with zero attached hydrogens (tertiary/aromatic N) is 3. The predicted octanol–water partition coefficient (Wildman–Crippen LogP) is 0.781. The Morgan fingerprint density at radius 2 is 2.42 bits per heavy atom. The number of hydrogen-bond donors (Lipinski definition) is 0. The van der Waals surface area contributed by atoms with Gasteiger partial charge in [0.1, 0.15) is 5.65 Å². The van der Waals surface area contributed by atoms with E-state index in [9.17, 15) is 4.79 Å². The molecule has 0 atom stereocenters. The second kappa shape index (κ2) is 2.41. The van der Waals surface area contributed by atoms with E-state index in [1.165, 1.54) is 0 Å². The molecule has 2 heterocycles. The molecule has 4 nitrogen and oxygen atoms in total. The van der Waals surface area contributed by atoms with Gasteiger partial charge in [-0.2, -0.15) is 0 Å². The maximum Gasteiger partial charge on any atom is 0.194 e. The summed E-state index contributed by atoms with van der Waals surface area (Å²) < 4.78 is 1.85. The van der Waals surface area contributed by atoms with Crippen LogP contribution in [0, 0.1) is 0 Å². The van der Waals surface area contributed by atoms with Gasteiger partial charge in [0, 0.05) is 24.8 Å². The summed E-state index contributed by atoms with van der Waals surface area (Å²) >= 11 is 0. The first-order valence-electron chi connectivity index (χ1n) is 3.54. The van der Waals surface area contributed by atoms with Gasteiger partial charge in [0.25, 0.3) is 0 Å². The molecule has 0 unspecified atom stereocenters. The van der Waals surface area contributed by atoms with Crippen molar-refractivity contribution in [3.05, 3.63) is 24.3 Å². The van der Waals surface area contributed by atoms with Crippen molar-refractivity contribution in [2.45, 2.75) is 0 Å². The Morgan fingerprint density at radius 3 is 3.17 bits per heavy atom. The van der Waals surface area contributed by atoms with Crippen molar-refractivity contribution >= 4 is 17.3 Å². The normalized spacial score (nSPS) is 10.4. The highest BCUT2D eigenvalue weighted by molar-refractivity contribution is 5.79. The highest BCUT2D eigenvalue weighted by atomic mass is 16.1. The van der Waals surface area contributed by atoms with Gasteiger partial charge in [-0.3, -0.25) is 4.79 Å². The summed E-state index contributed by atoms with van der Waals surface area (Å²) in [6.07, 6.45) is 4.17. The average Bonchev–Trinajstić information content (AvgIpc) is 2.47. The molecule has 12 heavy (non-hydrogen) atoms. The number of aromatic nitrogens is 3. The Bertz CT molecular complexity index is 433. The minimum absolute atomic E-state index is 0.226. The number of hydrogen-bond acceptors (Lipinski definition) is 3. The van der Waals surface area contributed by atoms with Gasteiger partial charge in [-0.25, -0.2) is 9.97 Å². The van der Waals surface area contributed by atoms with E-state index in [4.69, 9.17) is 0 Å². The fourth-order valence-electron chi connectivity index (χ4n) is 1.11. The van der Waals surface area contributed by atoms with Gasteiger partial charge in [-0.05, 0) is 6.07 Å². The van der Waals surface area contributed by atoms with Crippen LogP contribution < -0.4 is 0 Å². The zero-order valence-electron chi connectivity index (χ0n) is 6.56. The van der Waals surface area contributed by atoms with E-state index in [-0.39, 0.29) is 5.82 Å². The standard InChI is InChI=1S/C8H7N3O/c1-11-3-2-6-4-9-7(5-12)10-8(6)11/h2-5H,1H3. The molecule has 0 N–H and O–H groups in total. The lowest BCUT2D eigenvalue weighted by Crippen LogP contribution is -1.94. The minimum atomic E-state index is 0.226. The molecule has 0 saturated carbocycles. The first-order chi connectivity index (χ1) is 5.81. The smallest absolute Gasteiger partial charge is 0.194 e. The molecule has 0 saturated heterocycles. The molecule has 60 valence electrons. The molecule has 0 aliphatic heterocycles. The molecule has 2 aromatic rings. The van der Waals surface area contributed by atoms with Gasteiger partial charge < -0.3 is 4.57 Å². The number of rotatable bonds is 1. The predicted molar refractivity (Wildman–Crippen MR) is 43.9 cm³/mol. The van der Waals surface area contributed by atoms with Gasteiger partial charge in [-0.15, -0.1) is 0 Å². The van der Waals surface area contributed by atoms with Crippen LogP contribution in [-0.4, -0.2) is 20.8 Å². The van der Waals surface area contributed by atoms with Crippen LogP contribution in [0.2, 0.25) is 0 Å². The van der Waals surface area contributed by atoms with Crippen LogP contribution in [0.5, 0.6) is 0 Å². The number of carbonyl (C=O) groups is 1. The summed E-state index contributed by atoms with van der Waals surface area (Å²) in [5, 5.41) is 0.947. The molecule has 4 heteroatoms. The number of fused-ring (bicyclic) bond motifs is 1. The van der Waals surface area contributed by atoms with E-state index in [2.05, 4.69) is 9.97 Å². The maximum absolute atomic E-state index is 10.3. The average molecular weight is 161 g/mol. The fourth-order valence-corrected chi connectivity index (χ4v) is 1.11. The molecule has 0 spiro atoms. The Labute approximate surface area is 68.9 Å². The van der Waals surface area contributed by atoms with Crippen LogP contribution in [0.1, 0.15) is 10.6 Å². The third-order valence-corrected chi connectivity index (χ3v) is 1.73. The lowest BCUT2D eigenvalue weighted by atomic mass is 10.4. The SMILES string of the molecule is Cn1ccc2cnc(C=O)nc21. The summed E-state index contributed by atoms with van der Waals surface area (Å²) in [5.41, 5.74) is 0.784. The Kier molecular flexibility index (Phi) is 1.40. The Hall–Kier alpha value is -1.71. The van der Waals surface area contributed by atoms with Gasteiger partial charge in [0.15, 0.2) is 12.1 Å². The first kappa shape index (κ1) is 6.97. The van der Waals surface area contributed by atoms with Gasteiger partial charge >= 0.3 is 0 Å². The molecule has 0 amide bonds. The highest BCUT2D eigenvalue weighted by Crippen LogP contribution is 2.09. The molecular formula is C8H7N3O. The zero-order valence-corrected chi connectivity index (χ0v) is 6.56. The molecule has 2 rings (SSSR count). The number of aryl methyl sites for hydroxylation is 1. The van der Waals surface area contributed by atoms with E-state index in [0.717, 1.165) is 11.0 Å². The van der Waals surface area contributed by atoms with Crippen LogP contribution in [0.3, 0.4) is 0 Å².